The fourth-order valence-electron chi connectivity index (χ4n) is 4.38. The molecule has 3 rings (SSSR count). The fraction of sp³-hybridized carbons (Fsp3) is 0.333. The lowest BCUT2D eigenvalue weighted by Gasteiger charge is -2.31. The minimum atomic E-state index is -0.741. The molecule has 0 bridgehead atoms. The predicted molar refractivity (Wildman–Crippen MR) is 156 cm³/mol. The van der Waals surface area contributed by atoms with E-state index >= 15 is 0 Å². The van der Waals surface area contributed by atoms with Crippen LogP contribution in [0.5, 0.6) is 5.75 Å². The Kier molecular flexibility index (Phi) is 11.3. The molecule has 0 unspecified atom stereocenters. The number of dihydropyridines is 1. The van der Waals surface area contributed by atoms with E-state index in [1.54, 1.807) is 58.0 Å². The number of carbonyl (C=O) groups excluding carboxylic acids is 3. The number of ether oxygens (including phenoxy) is 3. The molecule has 0 radical (unpaired) electrons. The minimum absolute atomic E-state index is 0.193. The number of hydrogen-bond donors (Lipinski definition) is 3. The molecular weight excluding hydrogens is 530 g/mol. The summed E-state index contributed by atoms with van der Waals surface area (Å²) in [5, 5.41) is 9.02. The zero-order chi connectivity index (χ0) is 29.1. The second-order valence-corrected chi connectivity index (χ2v) is 9.30. The molecule has 1 amide bonds. The number of amides is 1. The van der Waals surface area contributed by atoms with Crippen molar-refractivity contribution >= 4 is 35.2 Å². The Morgan fingerprint density at radius 2 is 1.45 bits per heavy atom. The van der Waals surface area contributed by atoms with Crippen LogP contribution in [0.4, 0.5) is 0 Å². The van der Waals surface area contributed by atoms with Gasteiger partial charge in [-0.05, 0) is 64.5 Å². The highest BCUT2D eigenvalue weighted by Crippen LogP contribution is 2.42. The van der Waals surface area contributed by atoms with Gasteiger partial charge in [0.05, 0.1) is 36.9 Å². The van der Waals surface area contributed by atoms with Crippen LogP contribution in [0.25, 0.3) is 0 Å². The van der Waals surface area contributed by atoms with Crippen molar-refractivity contribution in [1.82, 2.24) is 16.0 Å². The van der Waals surface area contributed by atoms with Crippen LogP contribution in [0, 0.1) is 0 Å². The molecule has 0 aromatic heterocycles. The lowest BCUT2D eigenvalue weighted by Crippen LogP contribution is -2.39. The summed E-state index contributed by atoms with van der Waals surface area (Å²) in [6.45, 7) is 8.19. The monoisotopic (exact) mass is 565 g/mol. The first-order valence-electron chi connectivity index (χ1n) is 13.2. The normalized spacial score (nSPS) is 13.3. The number of thiocarbonyl (C=S) groups is 1. The molecule has 1 aliphatic heterocycles. The molecule has 212 valence electrons. The predicted octanol–water partition coefficient (Wildman–Crippen LogP) is 4.12. The number of para-hydroxylation sites is 1. The quantitative estimate of drug-likeness (QED) is 0.210. The van der Waals surface area contributed by atoms with E-state index in [0.29, 0.717) is 59.0 Å². The van der Waals surface area contributed by atoms with Gasteiger partial charge in [-0.15, -0.1) is 0 Å². The fourth-order valence-corrected chi connectivity index (χ4v) is 4.57. The first kappa shape index (κ1) is 30.4. The van der Waals surface area contributed by atoms with Crippen LogP contribution >= 0.6 is 12.2 Å². The van der Waals surface area contributed by atoms with Crippen molar-refractivity contribution in [2.45, 2.75) is 40.0 Å². The summed E-state index contributed by atoms with van der Waals surface area (Å²) < 4.78 is 16.8. The van der Waals surface area contributed by atoms with Gasteiger partial charge in [0.1, 0.15) is 5.75 Å². The maximum atomic E-state index is 13.1. The van der Waals surface area contributed by atoms with E-state index in [0.717, 1.165) is 0 Å². The topological polar surface area (TPSA) is 115 Å². The van der Waals surface area contributed by atoms with Gasteiger partial charge in [-0.3, -0.25) is 10.1 Å². The van der Waals surface area contributed by atoms with E-state index < -0.39 is 17.9 Å². The smallest absolute Gasteiger partial charge is 0.336 e. The van der Waals surface area contributed by atoms with Crippen molar-refractivity contribution < 1.29 is 28.6 Å². The highest BCUT2D eigenvalue weighted by molar-refractivity contribution is 7.80. The molecule has 9 nitrogen and oxygen atoms in total. The number of carbonyl (C=O) groups is 3. The Bertz CT molecular complexity index is 1270. The van der Waals surface area contributed by atoms with E-state index in [-0.39, 0.29) is 24.2 Å². The van der Waals surface area contributed by atoms with Gasteiger partial charge in [0.2, 0.25) is 0 Å². The SMILES string of the molecule is CCOC(=O)C1=C(C)NC(C)=C(C(=O)OCC)C1c1ccccc1OCCCNC(=S)NC(=O)c1ccccc1. The van der Waals surface area contributed by atoms with Crippen molar-refractivity contribution in [3.63, 3.8) is 0 Å². The molecule has 2 aromatic carbocycles. The van der Waals surface area contributed by atoms with Crippen LogP contribution in [0.2, 0.25) is 0 Å². The third kappa shape index (κ3) is 7.69. The summed E-state index contributed by atoms with van der Waals surface area (Å²) in [4.78, 5) is 38.4. The number of hydrogen-bond acceptors (Lipinski definition) is 8. The zero-order valence-electron chi connectivity index (χ0n) is 23.2. The standard InChI is InChI=1S/C30H35N3O6S/c1-5-37-28(35)24-19(3)32-20(4)25(29(36)38-6-2)26(24)22-15-10-11-16-23(22)39-18-12-17-31-30(40)33-27(34)21-13-8-7-9-14-21/h7-11,13-16,26,32H,5-6,12,17-18H2,1-4H3,(H2,31,33,34,40). The summed E-state index contributed by atoms with van der Waals surface area (Å²) in [5.41, 5.74) is 3.01. The summed E-state index contributed by atoms with van der Waals surface area (Å²) in [6, 6.07) is 16.1. The Balaban J connectivity index is 1.72. The van der Waals surface area contributed by atoms with Crippen LogP contribution < -0.4 is 20.7 Å². The van der Waals surface area contributed by atoms with Gasteiger partial charge in [0.15, 0.2) is 5.11 Å². The molecule has 0 fully saturated rings. The Morgan fingerprint density at radius 1 is 0.875 bits per heavy atom. The van der Waals surface area contributed by atoms with Crippen LogP contribution in [0.3, 0.4) is 0 Å². The van der Waals surface area contributed by atoms with Gasteiger partial charge in [0, 0.05) is 29.1 Å². The first-order valence-corrected chi connectivity index (χ1v) is 13.6. The molecule has 1 aliphatic rings. The van der Waals surface area contributed by atoms with E-state index in [2.05, 4.69) is 16.0 Å². The van der Waals surface area contributed by atoms with Crippen molar-refractivity contribution in [2.24, 2.45) is 0 Å². The average Bonchev–Trinajstić information content (AvgIpc) is 2.93. The largest absolute Gasteiger partial charge is 0.493 e. The number of esters is 2. The first-order chi connectivity index (χ1) is 19.3. The molecule has 1 heterocycles. The molecule has 10 heteroatoms. The summed E-state index contributed by atoms with van der Waals surface area (Å²) in [5.74, 6) is -1.53. The number of nitrogens with one attached hydrogen (secondary N) is 3. The van der Waals surface area contributed by atoms with Gasteiger partial charge >= 0.3 is 11.9 Å². The summed E-state index contributed by atoms with van der Waals surface area (Å²) in [6.07, 6.45) is 0.571. The minimum Gasteiger partial charge on any atom is -0.493 e. The van der Waals surface area contributed by atoms with Gasteiger partial charge < -0.3 is 24.8 Å². The molecular formula is C30H35N3O6S. The molecule has 0 aliphatic carbocycles. The van der Waals surface area contributed by atoms with Crippen LogP contribution in [-0.2, 0) is 19.1 Å². The highest BCUT2D eigenvalue weighted by atomic mass is 32.1. The lowest BCUT2D eigenvalue weighted by atomic mass is 9.80. The van der Waals surface area contributed by atoms with Gasteiger partial charge in [-0.1, -0.05) is 36.4 Å². The average molecular weight is 566 g/mol. The molecule has 0 saturated heterocycles. The van der Waals surface area contributed by atoms with Gasteiger partial charge in [-0.25, -0.2) is 9.59 Å². The van der Waals surface area contributed by atoms with Crippen molar-refractivity contribution in [1.29, 1.82) is 0 Å². The maximum Gasteiger partial charge on any atom is 0.336 e. The third-order valence-electron chi connectivity index (χ3n) is 6.11. The maximum absolute atomic E-state index is 13.1. The number of rotatable bonds is 11. The Hall–Kier alpha value is -4.18. The van der Waals surface area contributed by atoms with E-state index in [1.165, 1.54) is 0 Å². The molecule has 40 heavy (non-hydrogen) atoms. The molecule has 0 spiro atoms. The lowest BCUT2D eigenvalue weighted by molar-refractivity contribution is -0.139. The van der Waals surface area contributed by atoms with Gasteiger partial charge in [-0.2, -0.15) is 0 Å². The second-order valence-electron chi connectivity index (χ2n) is 8.89. The Labute approximate surface area is 240 Å². The molecule has 0 atom stereocenters. The zero-order valence-corrected chi connectivity index (χ0v) is 24.0. The van der Waals surface area contributed by atoms with E-state index in [1.807, 2.05) is 24.3 Å². The molecule has 3 N–H and O–H groups in total. The summed E-state index contributed by atoms with van der Waals surface area (Å²) >= 11 is 5.23. The Morgan fingerprint density at radius 3 is 2.05 bits per heavy atom. The van der Waals surface area contributed by atoms with Gasteiger partial charge in [0.25, 0.3) is 5.91 Å². The van der Waals surface area contributed by atoms with E-state index in [9.17, 15) is 14.4 Å². The second kappa shape index (κ2) is 14.8. The highest BCUT2D eigenvalue weighted by Gasteiger charge is 2.39. The third-order valence-corrected chi connectivity index (χ3v) is 6.35. The number of allylic oxidation sites excluding steroid dienone is 2. The molecule has 0 saturated carbocycles. The van der Waals surface area contributed by atoms with E-state index in [4.69, 9.17) is 26.4 Å². The van der Waals surface area contributed by atoms with Crippen molar-refractivity contribution in [3.05, 3.63) is 88.3 Å². The van der Waals surface area contributed by atoms with Crippen LogP contribution in [0.15, 0.2) is 77.1 Å². The number of benzene rings is 2. The van der Waals surface area contributed by atoms with Crippen molar-refractivity contribution in [2.75, 3.05) is 26.4 Å². The summed E-state index contributed by atoms with van der Waals surface area (Å²) in [7, 11) is 0. The van der Waals surface area contributed by atoms with Crippen LogP contribution in [0.1, 0.15) is 56.0 Å². The molecule has 2 aromatic rings. The van der Waals surface area contributed by atoms with Crippen molar-refractivity contribution in [3.8, 4) is 5.75 Å². The van der Waals surface area contributed by atoms with Crippen LogP contribution in [-0.4, -0.2) is 49.3 Å².